The van der Waals surface area contributed by atoms with E-state index in [1.807, 2.05) is 6.07 Å². The van der Waals surface area contributed by atoms with Crippen LogP contribution < -0.4 is 11.2 Å². The highest BCUT2D eigenvalue weighted by Crippen LogP contribution is 2.35. The lowest BCUT2D eigenvalue weighted by molar-refractivity contribution is -0.0501. The molecule has 1 aliphatic rings. The zero-order valence-corrected chi connectivity index (χ0v) is 15.7. The number of hydrogen-bond acceptors (Lipinski definition) is 10. The molecule has 6 N–H and O–H groups in total. The summed E-state index contributed by atoms with van der Waals surface area (Å²) in [6, 6.07) is 7.13. The van der Waals surface area contributed by atoms with Gasteiger partial charge in [0.25, 0.3) is 0 Å². The van der Waals surface area contributed by atoms with E-state index in [-0.39, 0.29) is 22.9 Å². The van der Waals surface area contributed by atoms with Crippen molar-refractivity contribution in [2.45, 2.75) is 24.5 Å². The zero-order chi connectivity index (χ0) is 20.5. The molecule has 0 unspecified atom stereocenters. The van der Waals surface area contributed by atoms with Crippen LogP contribution in [0.2, 0.25) is 5.02 Å². The van der Waals surface area contributed by atoms with Gasteiger partial charge in [0.05, 0.1) is 12.8 Å². The van der Waals surface area contributed by atoms with Crippen molar-refractivity contribution in [3.05, 3.63) is 41.2 Å². The quantitative estimate of drug-likeness (QED) is 0.285. The van der Waals surface area contributed by atoms with Crippen LogP contribution in [0.5, 0.6) is 0 Å². The van der Waals surface area contributed by atoms with Crippen molar-refractivity contribution in [3.8, 4) is 0 Å². The number of aromatic nitrogens is 4. The number of halogens is 1. The Labute approximate surface area is 169 Å². The summed E-state index contributed by atoms with van der Waals surface area (Å²) in [6.45, 7) is -0.466. The molecular formula is C17H18ClN7O4. The standard InChI is InChI=1S/C17H18ClN7O4/c18-9-4-2-1-3-8(9)5-22-24-17-23-11-14(19)20-7-21-15(11)25(17)16-13(28)12(27)10(6-26)29-16/h1-5,7,10,12-13,16,26-28H,6H2,(H,23,24)(H2,19,20,21)/t10-,12+,13-,16-/m0/s1. The van der Waals surface area contributed by atoms with Gasteiger partial charge < -0.3 is 25.8 Å². The van der Waals surface area contributed by atoms with E-state index in [1.165, 1.54) is 17.1 Å². The fraction of sp³-hybridized carbons (Fsp3) is 0.294. The van der Waals surface area contributed by atoms with Gasteiger partial charge >= 0.3 is 0 Å². The van der Waals surface area contributed by atoms with Gasteiger partial charge in [-0.25, -0.2) is 20.4 Å². The molecule has 12 heteroatoms. The third kappa shape index (κ3) is 3.50. The van der Waals surface area contributed by atoms with Gasteiger partial charge in [0, 0.05) is 10.6 Å². The number of nitrogens with one attached hydrogen (secondary N) is 1. The molecule has 0 bridgehead atoms. The molecule has 3 aromatic rings. The third-order valence-corrected chi connectivity index (χ3v) is 4.89. The van der Waals surface area contributed by atoms with E-state index in [1.54, 1.807) is 18.2 Å². The molecule has 1 fully saturated rings. The molecule has 0 radical (unpaired) electrons. The lowest BCUT2D eigenvalue weighted by Gasteiger charge is -2.18. The maximum Gasteiger partial charge on any atom is 0.228 e. The number of aliphatic hydroxyl groups is 3. The molecule has 4 rings (SSSR count). The van der Waals surface area contributed by atoms with E-state index in [0.717, 1.165) is 0 Å². The maximum absolute atomic E-state index is 10.4. The minimum Gasteiger partial charge on any atom is -0.394 e. The van der Waals surface area contributed by atoms with Crippen molar-refractivity contribution in [2.75, 3.05) is 17.8 Å². The van der Waals surface area contributed by atoms with E-state index in [2.05, 4.69) is 25.5 Å². The van der Waals surface area contributed by atoms with E-state index < -0.39 is 31.1 Å². The molecular weight excluding hydrogens is 402 g/mol. The molecule has 0 aliphatic carbocycles. The summed E-state index contributed by atoms with van der Waals surface area (Å²) in [5.74, 6) is 0.268. The molecule has 29 heavy (non-hydrogen) atoms. The van der Waals surface area contributed by atoms with Gasteiger partial charge in [0.1, 0.15) is 24.6 Å². The molecule has 11 nitrogen and oxygen atoms in total. The normalized spacial score (nSPS) is 24.6. The van der Waals surface area contributed by atoms with E-state index in [9.17, 15) is 15.3 Å². The summed E-state index contributed by atoms with van der Waals surface area (Å²) in [5.41, 5.74) is 9.85. The number of fused-ring (bicyclic) bond motifs is 1. The highest BCUT2D eigenvalue weighted by Gasteiger charge is 2.45. The van der Waals surface area contributed by atoms with Crippen LogP contribution in [0.15, 0.2) is 35.7 Å². The summed E-state index contributed by atoms with van der Waals surface area (Å²) in [6.07, 6.45) is -1.94. The Kier molecular flexibility index (Phi) is 5.30. The van der Waals surface area contributed by atoms with Crippen LogP contribution in [0.3, 0.4) is 0 Å². The molecule has 0 amide bonds. The first-order valence-corrected chi connectivity index (χ1v) is 9.03. The molecule has 4 atom stereocenters. The molecule has 0 saturated carbocycles. The first-order valence-electron chi connectivity index (χ1n) is 8.65. The molecule has 1 saturated heterocycles. The lowest BCUT2D eigenvalue weighted by Crippen LogP contribution is -2.33. The Morgan fingerprint density at radius 2 is 2.07 bits per heavy atom. The SMILES string of the molecule is Nc1ncnc2c1nc(NN=Cc1ccccc1Cl)n2[C@H]1O[C@@H](CO)[C@@H](O)[C@@H]1O. The smallest absolute Gasteiger partial charge is 0.228 e. The Bertz CT molecular complexity index is 1060. The molecule has 1 aliphatic heterocycles. The lowest BCUT2D eigenvalue weighted by atomic mass is 10.1. The first kappa shape index (κ1) is 19.5. The van der Waals surface area contributed by atoms with Crippen molar-refractivity contribution in [2.24, 2.45) is 5.10 Å². The van der Waals surface area contributed by atoms with Gasteiger partial charge in [-0.2, -0.15) is 5.10 Å². The Hall–Kier alpha value is -2.83. The maximum atomic E-state index is 10.4. The largest absolute Gasteiger partial charge is 0.394 e. The predicted octanol–water partition coefficient (Wildman–Crippen LogP) is 0.119. The van der Waals surface area contributed by atoms with E-state index in [0.29, 0.717) is 10.6 Å². The number of anilines is 2. The zero-order valence-electron chi connectivity index (χ0n) is 14.9. The summed E-state index contributed by atoms with van der Waals surface area (Å²) >= 11 is 6.11. The monoisotopic (exact) mass is 419 g/mol. The summed E-state index contributed by atoms with van der Waals surface area (Å²) in [4.78, 5) is 12.4. The first-order chi connectivity index (χ1) is 14.0. The number of hydrazone groups is 1. The average molecular weight is 420 g/mol. The predicted molar refractivity (Wildman–Crippen MR) is 105 cm³/mol. The number of nitrogens with two attached hydrogens (primary N) is 1. The van der Waals surface area contributed by atoms with Gasteiger partial charge in [0.15, 0.2) is 23.2 Å². The number of hydrogen-bond donors (Lipinski definition) is 5. The van der Waals surface area contributed by atoms with Crippen molar-refractivity contribution in [1.82, 2.24) is 19.5 Å². The Balaban J connectivity index is 1.73. The Morgan fingerprint density at radius 3 is 2.79 bits per heavy atom. The molecule has 1 aromatic carbocycles. The van der Waals surface area contributed by atoms with Crippen LogP contribution in [0, 0.1) is 0 Å². The third-order valence-electron chi connectivity index (χ3n) is 4.55. The van der Waals surface area contributed by atoms with Crippen LogP contribution >= 0.6 is 11.6 Å². The fourth-order valence-electron chi connectivity index (χ4n) is 3.08. The summed E-state index contributed by atoms with van der Waals surface area (Å²) in [7, 11) is 0. The van der Waals surface area contributed by atoms with Gasteiger partial charge in [-0.05, 0) is 6.07 Å². The molecule has 2 aromatic heterocycles. The van der Waals surface area contributed by atoms with Crippen molar-refractivity contribution in [3.63, 3.8) is 0 Å². The highest BCUT2D eigenvalue weighted by molar-refractivity contribution is 6.33. The number of imidazole rings is 1. The molecule has 3 heterocycles. The van der Waals surface area contributed by atoms with Crippen LogP contribution in [-0.2, 0) is 4.74 Å². The van der Waals surface area contributed by atoms with Gasteiger partial charge in [0.2, 0.25) is 5.95 Å². The second kappa shape index (κ2) is 7.89. The second-order valence-electron chi connectivity index (χ2n) is 6.36. The average Bonchev–Trinajstić information content (AvgIpc) is 3.22. The van der Waals surface area contributed by atoms with E-state index >= 15 is 0 Å². The van der Waals surface area contributed by atoms with Gasteiger partial charge in [-0.3, -0.25) is 4.57 Å². The van der Waals surface area contributed by atoms with Crippen molar-refractivity contribution >= 4 is 40.7 Å². The molecule has 152 valence electrons. The minimum absolute atomic E-state index is 0.124. The van der Waals surface area contributed by atoms with Gasteiger partial charge in [-0.15, -0.1) is 0 Å². The number of aliphatic hydroxyl groups excluding tert-OH is 3. The molecule has 0 spiro atoms. The van der Waals surface area contributed by atoms with Gasteiger partial charge in [-0.1, -0.05) is 29.8 Å². The van der Waals surface area contributed by atoms with Crippen molar-refractivity contribution in [1.29, 1.82) is 0 Å². The number of nitrogen functional groups attached to an aromatic ring is 1. The number of nitrogens with zero attached hydrogens (tertiary/aromatic N) is 5. The summed E-state index contributed by atoms with van der Waals surface area (Å²) in [5, 5.41) is 34.6. The number of benzene rings is 1. The minimum atomic E-state index is -1.34. The topological polar surface area (TPSA) is 164 Å². The fourth-order valence-corrected chi connectivity index (χ4v) is 3.26. The van der Waals surface area contributed by atoms with E-state index in [4.69, 9.17) is 22.1 Å². The second-order valence-corrected chi connectivity index (χ2v) is 6.76. The van der Waals surface area contributed by atoms with Crippen LogP contribution in [0.4, 0.5) is 11.8 Å². The number of ether oxygens (including phenoxy) is 1. The summed E-state index contributed by atoms with van der Waals surface area (Å²) < 4.78 is 7.01. The highest BCUT2D eigenvalue weighted by atomic mass is 35.5. The Morgan fingerprint density at radius 1 is 1.28 bits per heavy atom. The number of rotatable bonds is 5. The van der Waals surface area contributed by atoms with Crippen LogP contribution in [0.25, 0.3) is 11.2 Å². The van der Waals surface area contributed by atoms with Crippen LogP contribution in [0.1, 0.15) is 11.8 Å². The van der Waals surface area contributed by atoms with Crippen molar-refractivity contribution < 1.29 is 20.1 Å². The van der Waals surface area contributed by atoms with Crippen LogP contribution in [-0.4, -0.2) is 66.0 Å².